The normalized spacial score (nSPS) is 14.4. The van der Waals surface area contributed by atoms with Crippen LogP contribution in [0.4, 0.5) is 5.13 Å². The summed E-state index contributed by atoms with van der Waals surface area (Å²) in [5.41, 5.74) is 3.02. The van der Waals surface area contributed by atoms with Gasteiger partial charge in [-0.15, -0.1) is 0 Å². The second-order valence-electron chi connectivity index (χ2n) is 6.49. The minimum Gasteiger partial charge on any atom is -0.345 e. The molecule has 1 fully saturated rings. The van der Waals surface area contributed by atoms with Crippen molar-refractivity contribution in [3.05, 3.63) is 58.1 Å². The third-order valence-corrected chi connectivity index (χ3v) is 6.30. The first-order valence-electron chi connectivity index (χ1n) is 8.67. The zero-order valence-electron chi connectivity index (χ0n) is 14.8. The molecule has 1 amide bonds. The summed E-state index contributed by atoms with van der Waals surface area (Å²) in [6.07, 6.45) is 0. The van der Waals surface area contributed by atoms with Crippen molar-refractivity contribution in [1.29, 1.82) is 5.26 Å². The molecule has 0 saturated carbocycles. The summed E-state index contributed by atoms with van der Waals surface area (Å²) in [6.45, 7) is 4.71. The molecule has 0 bridgehead atoms. The number of hydrogen-bond acceptors (Lipinski definition) is 5. The molecule has 136 valence electrons. The van der Waals surface area contributed by atoms with Crippen molar-refractivity contribution < 1.29 is 4.79 Å². The van der Waals surface area contributed by atoms with E-state index in [0.717, 1.165) is 39.0 Å². The van der Waals surface area contributed by atoms with Gasteiger partial charge in [0, 0.05) is 36.8 Å². The lowest BCUT2D eigenvalue weighted by Gasteiger charge is -2.34. The van der Waals surface area contributed by atoms with Gasteiger partial charge in [-0.05, 0) is 42.8 Å². The third-order valence-electron chi connectivity index (χ3n) is 4.81. The quantitative estimate of drug-likeness (QED) is 0.654. The van der Waals surface area contributed by atoms with Crippen LogP contribution < -0.4 is 4.90 Å². The third kappa shape index (κ3) is 3.36. The van der Waals surface area contributed by atoms with Crippen molar-refractivity contribution in [3.8, 4) is 6.07 Å². The van der Waals surface area contributed by atoms with E-state index in [9.17, 15) is 4.79 Å². The highest BCUT2D eigenvalue weighted by Gasteiger charge is 2.24. The number of carbonyl (C=O) groups is 1. The van der Waals surface area contributed by atoms with Crippen LogP contribution in [0.1, 0.15) is 21.5 Å². The molecule has 7 heteroatoms. The van der Waals surface area contributed by atoms with Crippen molar-refractivity contribution in [2.75, 3.05) is 31.1 Å². The SMILES string of the molecule is Cc1c(Cl)ccc2sc(N3CCN(C(=O)c4cccc(C#N)c4)CC3)nc12. The highest BCUT2D eigenvalue weighted by atomic mass is 35.5. The summed E-state index contributed by atoms with van der Waals surface area (Å²) in [5.74, 6) is -0.0290. The van der Waals surface area contributed by atoms with Crippen LogP contribution in [0.5, 0.6) is 0 Å². The zero-order chi connectivity index (χ0) is 19.0. The summed E-state index contributed by atoms with van der Waals surface area (Å²) in [6, 6.07) is 12.9. The van der Waals surface area contributed by atoms with Gasteiger partial charge in [-0.25, -0.2) is 4.98 Å². The molecule has 2 heterocycles. The fourth-order valence-corrected chi connectivity index (χ4v) is 4.46. The number of thiazole rings is 1. The van der Waals surface area contributed by atoms with E-state index in [4.69, 9.17) is 21.8 Å². The Bertz CT molecular complexity index is 1060. The molecule has 5 nitrogen and oxygen atoms in total. The van der Waals surface area contributed by atoms with Crippen molar-refractivity contribution in [3.63, 3.8) is 0 Å². The van der Waals surface area contributed by atoms with Crippen molar-refractivity contribution in [2.45, 2.75) is 6.92 Å². The van der Waals surface area contributed by atoms with Crippen molar-refractivity contribution in [1.82, 2.24) is 9.88 Å². The number of aryl methyl sites for hydroxylation is 1. The molecular formula is C20H17ClN4OS. The first-order chi connectivity index (χ1) is 13.1. The van der Waals surface area contributed by atoms with Crippen LogP contribution in [0.15, 0.2) is 36.4 Å². The number of carbonyl (C=O) groups excluding carboxylic acids is 1. The smallest absolute Gasteiger partial charge is 0.254 e. The number of halogens is 1. The van der Waals surface area contributed by atoms with Gasteiger partial charge in [-0.1, -0.05) is 29.0 Å². The van der Waals surface area contributed by atoms with Crippen molar-refractivity contribution >= 4 is 44.2 Å². The summed E-state index contributed by atoms with van der Waals surface area (Å²) in [5, 5.41) is 10.7. The van der Waals surface area contributed by atoms with Crippen LogP contribution in [0, 0.1) is 18.3 Å². The lowest BCUT2D eigenvalue weighted by atomic mass is 10.1. The highest BCUT2D eigenvalue weighted by Crippen LogP contribution is 2.33. The van der Waals surface area contributed by atoms with Gasteiger partial charge in [0.2, 0.25) is 0 Å². The largest absolute Gasteiger partial charge is 0.345 e. The topological polar surface area (TPSA) is 60.2 Å². The molecule has 27 heavy (non-hydrogen) atoms. The summed E-state index contributed by atoms with van der Waals surface area (Å²) in [4.78, 5) is 21.5. The number of aromatic nitrogens is 1. The van der Waals surface area contributed by atoms with Crippen LogP contribution in [0.2, 0.25) is 5.02 Å². The van der Waals surface area contributed by atoms with E-state index in [0.29, 0.717) is 24.2 Å². The van der Waals surface area contributed by atoms with Gasteiger partial charge in [0.1, 0.15) is 0 Å². The fraction of sp³-hybridized carbons (Fsp3) is 0.250. The first-order valence-corrected chi connectivity index (χ1v) is 9.86. The van der Waals surface area contributed by atoms with Gasteiger partial charge in [0.25, 0.3) is 5.91 Å². The second-order valence-corrected chi connectivity index (χ2v) is 7.90. The molecule has 1 aliphatic heterocycles. The van der Waals surface area contributed by atoms with Gasteiger partial charge < -0.3 is 9.80 Å². The van der Waals surface area contributed by atoms with E-state index in [-0.39, 0.29) is 5.91 Å². The van der Waals surface area contributed by atoms with Gasteiger partial charge in [-0.2, -0.15) is 5.26 Å². The van der Waals surface area contributed by atoms with Crippen molar-refractivity contribution in [2.24, 2.45) is 0 Å². The Morgan fingerprint density at radius 1 is 1.22 bits per heavy atom. The average Bonchev–Trinajstić information content (AvgIpc) is 3.15. The molecule has 0 N–H and O–H groups in total. The molecule has 2 aromatic carbocycles. The maximum absolute atomic E-state index is 12.7. The molecule has 0 unspecified atom stereocenters. The number of benzene rings is 2. The summed E-state index contributed by atoms with van der Waals surface area (Å²) >= 11 is 7.86. The van der Waals surface area contributed by atoms with Gasteiger partial charge in [-0.3, -0.25) is 4.79 Å². The number of nitriles is 1. The van der Waals surface area contributed by atoms with Crippen LogP contribution in [-0.2, 0) is 0 Å². The Morgan fingerprint density at radius 2 is 2.00 bits per heavy atom. The van der Waals surface area contributed by atoms with Crippen LogP contribution >= 0.6 is 22.9 Å². The lowest BCUT2D eigenvalue weighted by molar-refractivity contribution is 0.0746. The molecule has 0 aliphatic carbocycles. The van der Waals surface area contributed by atoms with E-state index < -0.39 is 0 Å². The molecule has 4 rings (SSSR count). The van der Waals surface area contributed by atoms with E-state index >= 15 is 0 Å². The second kappa shape index (κ2) is 7.18. The molecule has 0 spiro atoms. The Labute approximate surface area is 166 Å². The van der Waals surface area contributed by atoms with Gasteiger partial charge in [0.15, 0.2) is 5.13 Å². The zero-order valence-corrected chi connectivity index (χ0v) is 16.3. The number of fused-ring (bicyclic) bond motifs is 1. The number of amides is 1. The number of rotatable bonds is 2. The minimum atomic E-state index is -0.0290. The van der Waals surface area contributed by atoms with E-state index in [1.807, 2.05) is 24.0 Å². The Hall–Kier alpha value is -2.62. The van der Waals surface area contributed by atoms with E-state index in [2.05, 4.69) is 11.0 Å². The maximum Gasteiger partial charge on any atom is 0.254 e. The molecule has 3 aromatic rings. The number of anilines is 1. The van der Waals surface area contributed by atoms with Crippen LogP contribution in [-0.4, -0.2) is 42.0 Å². The average molecular weight is 397 g/mol. The molecular weight excluding hydrogens is 380 g/mol. The highest BCUT2D eigenvalue weighted by molar-refractivity contribution is 7.22. The predicted molar refractivity (Wildman–Crippen MR) is 109 cm³/mol. The molecule has 1 saturated heterocycles. The molecule has 1 aliphatic rings. The van der Waals surface area contributed by atoms with Gasteiger partial charge >= 0.3 is 0 Å². The Kier molecular flexibility index (Phi) is 4.73. The predicted octanol–water partition coefficient (Wildman–Crippen LogP) is 4.09. The van der Waals surface area contributed by atoms with Crippen LogP contribution in [0.3, 0.4) is 0 Å². The standard InChI is InChI=1S/C20H17ClN4OS/c1-13-16(21)5-6-17-18(13)23-20(27-17)25-9-7-24(8-10-25)19(26)15-4-2-3-14(11-15)12-22/h2-6,11H,7-10H2,1H3. The van der Waals surface area contributed by atoms with E-state index in [1.165, 1.54) is 0 Å². The summed E-state index contributed by atoms with van der Waals surface area (Å²) < 4.78 is 1.12. The fourth-order valence-electron chi connectivity index (χ4n) is 3.23. The molecule has 0 radical (unpaired) electrons. The Morgan fingerprint density at radius 3 is 2.74 bits per heavy atom. The number of piperazine rings is 1. The molecule has 0 atom stereocenters. The first kappa shape index (κ1) is 17.8. The molecule has 1 aromatic heterocycles. The number of hydrogen-bond donors (Lipinski definition) is 0. The van der Waals surface area contributed by atoms with Gasteiger partial charge in [0.05, 0.1) is 21.8 Å². The Balaban J connectivity index is 1.48. The van der Waals surface area contributed by atoms with Crippen LogP contribution in [0.25, 0.3) is 10.2 Å². The lowest BCUT2D eigenvalue weighted by Crippen LogP contribution is -2.48. The monoisotopic (exact) mass is 396 g/mol. The minimum absolute atomic E-state index is 0.0290. The van der Waals surface area contributed by atoms with E-state index in [1.54, 1.807) is 35.6 Å². The number of nitrogens with zero attached hydrogens (tertiary/aromatic N) is 4. The maximum atomic E-state index is 12.7. The summed E-state index contributed by atoms with van der Waals surface area (Å²) in [7, 11) is 0.